The Morgan fingerprint density at radius 3 is 2.12 bits per heavy atom. The van der Waals surface area contributed by atoms with Crippen molar-refractivity contribution in [3.63, 3.8) is 0 Å². The highest BCUT2D eigenvalue weighted by atomic mass is 16.7. The third-order valence-electron chi connectivity index (χ3n) is 2.43. The van der Waals surface area contributed by atoms with Crippen LogP contribution in [0.1, 0.15) is 18.9 Å². The standard InChI is InChI=1S/C9H10N2O5/c1-2-9(10(13)14,11(15)16)7-5-3-4-6-8(7)12/h3-6,12H,2H2,1H3. The van der Waals surface area contributed by atoms with Gasteiger partial charge in [0.1, 0.15) is 21.2 Å². The number of benzene rings is 1. The number of hydrogen-bond donors (Lipinski definition) is 1. The van der Waals surface area contributed by atoms with Gasteiger partial charge in [0, 0.05) is 0 Å². The summed E-state index contributed by atoms with van der Waals surface area (Å²) >= 11 is 0. The average Bonchev–Trinajstić information content (AvgIpc) is 2.21. The fraction of sp³-hybridized carbons (Fsp3) is 0.333. The summed E-state index contributed by atoms with van der Waals surface area (Å²) in [5.41, 5.74) is -2.78. The molecule has 0 saturated heterocycles. The van der Waals surface area contributed by atoms with Crippen LogP contribution in [0.2, 0.25) is 0 Å². The number of phenolic OH excluding ortho intramolecular Hbond substituents is 1. The molecule has 0 aliphatic carbocycles. The molecule has 7 nitrogen and oxygen atoms in total. The maximum Gasteiger partial charge on any atom is 0.487 e. The van der Waals surface area contributed by atoms with E-state index in [1.807, 2.05) is 0 Å². The predicted octanol–water partition coefficient (Wildman–Crippen LogP) is 1.51. The molecule has 1 aromatic carbocycles. The summed E-state index contributed by atoms with van der Waals surface area (Å²) in [4.78, 5) is 19.8. The van der Waals surface area contributed by atoms with Crippen LogP contribution in [0.15, 0.2) is 24.3 Å². The zero-order valence-corrected chi connectivity index (χ0v) is 8.49. The van der Waals surface area contributed by atoms with E-state index >= 15 is 0 Å². The third kappa shape index (κ3) is 1.56. The monoisotopic (exact) mass is 226 g/mol. The van der Waals surface area contributed by atoms with E-state index in [1.54, 1.807) is 0 Å². The molecule has 0 bridgehead atoms. The van der Waals surface area contributed by atoms with E-state index in [0.717, 1.165) is 0 Å². The first-order valence-electron chi connectivity index (χ1n) is 4.54. The molecule has 0 saturated carbocycles. The van der Waals surface area contributed by atoms with Crippen molar-refractivity contribution in [3.05, 3.63) is 50.1 Å². The Kier molecular flexibility index (Phi) is 3.07. The lowest BCUT2D eigenvalue weighted by molar-refractivity contribution is -0.811. The predicted molar refractivity (Wildman–Crippen MR) is 54.1 cm³/mol. The second-order valence-electron chi connectivity index (χ2n) is 3.20. The Morgan fingerprint density at radius 2 is 1.75 bits per heavy atom. The molecule has 0 aliphatic rings. The minimum atomic E-state index is -2.48. The highest BCUT2D eigenvalue weighted by Crippen LogP contribution is 2.34. The van der Waals surface area contributed by atoms with Crippen LogP contribution in [0, 0.1) is 20.2 Å². The first-order valence-corrected chi connectivity index (χ1v) is 4.54. The largest absolute Gasteiger partial charge is 0.507 e. The Hall–Kier alpha value is -2.18. The molecule has 0 heterocycles. The van der Waals surface area contributed by atoms with E-state index in [0.29, 0.717) is 0 Å². The zero-order valence-electron chi connectivity index (χ0n) is 8.49. The molecule has 1 aromatic rings. The van der Waals surface area contributed by atoms with Crippen LogP contribution in [-0.2, 0) is 5.66 Å². The van der Waals surface area contributed by atoms with Gasteiger partial charge in [-0.1, -0.05) is 19.1 Å². The molecule has 86 valence electrons. The number of phenols is 1. The molecular formula is C9H10N2O5. The quantitative estimate of drug-likeness (QED) is 0.475. The van der Waals surface area contributed by atoms with Gasteiger partial charge in [-0.15, -0.1) is 0 Å². The highest BCUT2D eigenvalue weighted by Gasteiger charge is 2.57. The Bertz CT molecular complexity index is 418. The lowest BCUT2D eigenvalue weighted by atomic mass is 9.97. The molecule has 0 radical (unpaired) electrons. The van der Waals surface area contributed by atoms with E-state index < -0.39 is 21.3 Å². The van der Waals surface area contributed by atoms with Crippen molar-refractivity contribution in [2.45, 2.75) is 19.0 Å². The summed E-state index contributed by atoms with van der Waals surface area (Å²) in [6.07, 6.45) is -0.343. The van der Waals surface area contributed by atoms with E-state index in [9.17, 15) is 25.3 Å². The smallest absolute Gasteiger partial charge is 0.487 e. The van der Waals surface area contributed by atoms with Gasteiger partial charge in [-0.2, -0.15) is 0 Å². The molecule has 0 amide bonds. The van der Waals surface area contributed by atoms with Crippen LogP contribution in [0.3, 0.4) is 0 Å². The lowest BCUT2D eigenvalue weighted by Gasteiger charge is -2.16. The van der Waals surface area contributed by atoms with Gasteiger partial charge in [-0.3, -0.25) is 20.2 Å². The second-order valence-corrected chi connectivity index (χ2v) is 3.20. The van der Waals surface area contributed by atoms with Gasteiger partial charge in [0.15, 0.2) is 0 Å². The molecule has 0 atom stereocenters. The topological polar surface area (TPSA) is 107 Å². The number of hydrogen-bond acceptors (Lipinski definition) is 5. The zero-order chi connectivity index (χ0) is 12.3. The Labute approximate surface area is 90.6 Å². The van der Waals surface area contributed by atoms with Gasteiger partial charge < -0.3 is 5.11 Å². The normalized spacial score (nSPS) is 11.1. The third-order valence-corrected chi connectivity index (χ3v) is 2.43. The van der Waals surface area contributed by atoms with Crippen LogP contribution in [0.4, 0.5) is 0 Å². The molecule has 0 spiro atoms. The number of rotatable bonds is 4. The molecule has 0 aliphatic heterocycles. The summed E-state index contributed by atoms with van der Waals surface area (Å²) in [6.45, 7) is 1.33. The van der Waals surface area contributed by atoms with Crippen molar-refractivity contribution < 1.29 is 15.0 Å². The summed E-state index contributed by atoms with van der Waals surface area (Å²) < 4.78 is 0. The second kappa shape index (κ2) is 4.13. The first kappa shape index (κ1) is 11.9. The van der Waals surface area contributed by atoms with Crippen molar-refractivity contribution >= 4 is 0 Å². The fourth-order valence-electron chi connectivity index (χ4n) is 1.52. The summed E-state index contributed by atoms with van der Waals surface area (Å²) in [6, 6.07) is 5.22. The van der Waals surface area contributed by atoms with E-state index in [-0.39, 0.29) is 12.0 Å². The minimum Gasteiger partial charge on any atom is -0.507 e. The van der Waals surface area contributed by atoms with Crippen LogP contribution in [0.25, 0.3) is 0 Å². The van der Waals surface area contributed by atoms with Gasteiger partial charge in [-0.05, 0) is 12.1 Å². The van der Waals surface area contributed by atoms with Gasteiger partial charge in [-0.25, -0.2) is 0 Å². The van der Waals surface area contributed by atoms with Gasteiger partial charge in [0.2, 0.25) is 0 Å². The van der Waals surface area contributed by atoms with Gasteiger partial charge >= 0.3 is 5.66 Å². The van der Waals surface area contributed by atoms with Crippen LogP contribution >= 0.6 is 0 Å². The summed E-state index contributed by atoms with van der Waals surface area (Å²) in [5.74, 6) is -0.447. The van der Waals surface area contributed by atoms with E-state index in [1.165, 1.54) is 31.2 Å². The SMILES string of the molecule is CCC(c1ccccc1O)([N+](=O)[O-])[N+](=O)[O-]. The molecule has 0 aromatic heterocycles. The first-order chi connectivity index (χ1) is 7.46. The summed E-state index contributed by atoms with van der Waals surface area (Å²) in [7, 11) is 0. The number of nitro groups is 2. The molecule has 16 heavy (non-hydrogen) atoms. The summed E-state index contributed by atoms with van der Waals surface area (Å²) in [5, 5.41) is 31.3. The molecular weight excluding hydrogens is 216 g/mol. The fourth-order valence-corrected chi connectivity index (χ4v) is 1.52. The highest BCUT2D eigenvalue weighted by molar-refractivity contribution is 5.35. The van der Waals surface area contributed by atoms with Crippen molar-refractivity contribution in [2.24, 2.45) is 0 Å². The van der Waals surface area contributed by atoms with Gasteiger partial charge in [0.25, 0.3) is 0 Å². The lowest BCUT2D eigenvalue weighted by Crippen LogP contribution is -2.42. The number of aromatic hydroxyl groups is 1. The van der Waals surface area contributed by atoms with Crippen molar-refractivity contribution in [1.29, 1.82) is 0 Å². The maximum atomic E-state index is 10.9. The molecule has 7 heteroatoms. The van der Waals surface area contributed by atoms with Crippen LogP contribution in [0.5, 0.6) is 5.75 Å². The van der Waals surface area contributed by atoms with Crippen LogP contribution in [-0.4, -0.2) is 15.0 Å². The van der Waals surface area contributed by atoms with Crippen molar-refractivity contribution in [3.8, 4) is 5.75 Å². The van der Waals surface area contributed by atoms with Crippen molar-refractivity contribution in [1.82, 2.24) is 0 Å². The van der Waals surface area contributed by atoms with Gasteiger partial charge in [0.05, 0.1) is 6.42 Å². The Balaban J connectivity index is 3.49. The van der Waals surface area contributed by atoms with E-state index in [2.05, 4.69) is 0 Å². The minimum absolute atomic E-state index is 0.299. The Morgan fingerprint density at radius 1 is 1.25 bits per heavy atom. The van der Waals surface area contributed by atoms with E-state index in [4.69, 9.17) is 0 Å². The number of nitrogens with zero attached hydrogens (tertiary/aromatic N) is 2. The average molecular weight is 226 g/mol. The van der Waals surface area contributed by atoms with Crippen LogP contribution < -0.4 is 0 Å². The molecule has 1 rings (SSSR count). The maximum absolute atomic E-state index is 10.9. The number of para-hydroxylation sites is 1. The molecule has 0 unspecified atom stereocenters. The molecule has 0 fully saturated rings. The van der Waals surface area contributed by atoms with Crippen molar-refractivity contribution in [2.75, 3.05) is 0 Å². The molecule has 1 N–H and O–H groups in total.